The van der Waals surface area contributed by atoms with E-state index in [9.17, 15) is 5.11 Å². The van der Waals surface area contributed by atoms with Gasteiger partial charge < -0.3 is 14.9 Å². The number of aliphatic hydroxyl groups excluding tert-OH is 1. The molecule has 0 saturated carbocycles. The molecule has 0 aliphatic carbocycles. The lowest BCUT2D eigenvalue weighted by Gasteiger charge is -2.21. The molecule has 1 fully saturated rings. The van der Waals surface area contributed by atoms with Gasteiger partial charge >= 0.3 is 0 Å². The quantitative estimate of drug-likeness (QED) is 0.906. The van der Waals surface area contributed by atoms with Crippen LogP contribution in [0.5, 0.6) is 0 Å². The number of nitrogens with zero attached hydrogens (tertiary/aromatic N) is 3. The Kier molecular flexibility index (Phi) is 5.04. The number of likely N-dealkylation sites (tertiary alicyclic amines) is 1. The highest BCUT2D eigenvalue weighted by molar-refractivity contribution is 7.15. The van der Waals surface area contributed by atoms with Crippen molar-refractivity contribution in [1.29, 1.82) is 0 Å². The summed E-state index contributed by atoms with van der Waals surface area (Å²) in [5.41, 5.74) is 1.02. The van der Waals surface area contributed by atoms with Crippen molar-refractivity contribution in [2.24, 2.45) is 0 Å². The van der Waals surface area contributed by atoms with Gasteiger partial charge in [0.1, 0.15) is 0 Å². The second kappa shape index (κ2) is 6.41. The first-order valence-corrected chi connectivity index (χ1v) is 8.28. The summed E-state index contributed by atoms with van der Waals surface area (Å²) in [5, 5.41) is 10.5. The third-order valence-electron chi connectivity index (χ3n) is 3.82. The lowest BCUT2D eigenvalue weighted by molar-refractivity contribution is 0.282. The van der Waals surface area contributed by atoms with Crippen LogP contribution < -0.4 is 4.90 Å². The highest BCUT2D eigenvalue weighted by atomic mass is 32.1. The Morgan fingerprint density at radius 1 is 1.30 bits per heavy atom. The van der Waals surface area contributed by atoms with Gasteiger partial charge in [-0.15, -0.1) is 0 Å². The summed E-state index contributed by atoms with van der Waals surface area (Å²) >= 11 is 1.62. The molecule has 0 radical (unpaired) electrons. The Morgan fingerprint density at radius 3 is 2.45 bits per heavy atom. The van der Waals surface area contributed by atoms with E-state index in [-0.39, 0.29) is 12.0 Å². The molecule has 0 atom stereocenters. The standard InChI is InChI=1S/C15H27N3OS/c1-15(2,3)13-12(11-19)20-14(16-13)17(4)9-10-18-7-5-6-8-18/h19H,5-11H2,1-4H3. The third kappa shape index (κ3) is 3.71. The maximum atomic E-state index is 9.52. The second-order valence-corrected chi connectivity index (χ2v) is 7.71. The lowest BCUT2D eigenvalue weighted by Crippen LogP contribution is -2.31. The number of aromatic nitrogens is 1. The summed E-state index contributed by atoms with van der Waals surface area (Å²) < 4.78 is 0. The monoisotopic (exact) mass is 297 g/mol. The fourth-order valence-electron chi connectivity index (χ4n) is 2.59. The number of aliphatic hydroxyl groups is 1. The second-order valence-electron chi connectivity index (χ2n) is 6.65. The van der Waals surface area contributed by atoms with Crippen LogP contribution in [0.3, 0.4) is 0 Å². The molecule has 2 heterocycles. The molecule has 0 amide bonds. The van der Waals surface area contributed by atoms with Gasteiger partial charge in [-0.25, -0.2) is 4.98 Å². The molecule has 0 spiro atoms. The molecule has 1 aliphatic heterocycles. The van der Waals surface area contributed by atoms with E-state index in [1.165, 1.54) is 25.9 Å². The molecule has 0 bridgehead atoms. The van der Waals surface area contributed by atoms with E-state index in [2.05, 4.69) is 37.6 Å². The van der Waals surface area contributed by atoms with Crippen molar-refractivity contribution in [3.05, 3.63) is 10.6 Å². The maximum absolute atomic E-state index is 9.52. The molecule has 114 valence electrons. The highest BCUT2D eigenvalue weighted by Crippen LogP contribution is 2.33. The van der Waals surface area contributed by atoms with E-state index >= 15 is 0 Å². The van der Waals surface area contributed by atoms with Crippen LogP contribution in [-0.4, -0.2) is 48.2 Å². The number of hydrogen-bond donors (Lipinski definition) is 1. The molecule has 20 heavy (non-hydrogen) atoms. The van der Waals surface area contributed by atoms with Crippen LogP contribution in [0.15, 0.2) is 0 Å². The fourth-order valence-corrected chi connectivity index (χ4v) is 3.71. The van der Waals surface area contributed by atoms with Gasteiger partial charge in [-0.1, -0.05) is 32.1 Å². The van der Waals surface area contributed by atoms with Gasteiger partial charge in [-0.3, -0.25) is 0 Å². The normalized spacial score (nSPS) is 16.9. The number of rotatable bonds is 5. The Morgan fingerprint density at radius 2 is 1.95 bits per heavy atom. The minimum atomic E-state index is -0.0113. The van der Waals surface area contributed by atoms with Crippen LogP contribution in [0.4, 0.5) is 5.13 Å². The molecule has 0 aromatic carbocycles. The third-order valence-corrected chi connectivity index (χ3v) is 4.97. The van der Waals surface area contributed by atoms with E-state index in [4.69, 9.17) is 4.98 Å². The average molecular weight is 297 g/mol. The van der Waals surface area contributed by atoms with E-state index in [1.807, 2.05) is 0 Å². The van der Waals surface area contributed by atoms with Crippen LogP contribution in [0, 0.1) is 0 Å². The highest BCUT2D eigenvalue weighted by Gasteiger charge is 2.24. The van der Waals surface area contributed by atoms with Crippen LogP contribution in [0.1, 0.15) is 44.2 Å². The number of anilines is 1. The molecular weight excluding hydrogens is 270 g/mol. The van der Waals surface area contributed by atoms with Crippen LogP contribution in [-0.2, 0) is 12.0 Å². The molecule has 1 saturated heterocycles. The molecule has 5 heteroatoms. The van der Waals surface area contributed by atoms with Gasteiger partial charge in [0.25, 0.3) is 0 Å². The minimum Gasteiger partial charge on any atom is -0.391 e. The van der Waals surface area contributed by atoms with Gasteiger partial charge in [-0.05, 0) is 25.9 Å². The van der Waals surface area contributed by atoms with Gasteiger partial charge in [-0.2, -0.15) is 0 Å². The summed E-state index contributed by atoms with van der Waals surface area (Å²) in [7, 11) is 2.10. The maximum Gasteiger partial charge on any atom is 0.185 e. The molecule has 0 unspecified atom stereocenters. The molecule has 1 N–H and O–H groups in total. The average Bonchev–Trinajstić information content (AvgIpc) is 3.03. The van der Waals surface area contributed by atoms with Gasteiger partial charge in [0.05, 0.1) is 17.2 Å². The Hall–Kier alpha value is -0.650. The molecular formula is C15H27N3OS. The predicted molar refractivity (Wildman–Crippen MR) is 85.7 cm³/mol. The molecule has 1 aliphatic rings. The summed E-state index contributed by atoms with van der Waals surface area (Å²) in [5.74, 6) is 0. The molecule has 2 rings (SSSR count). The first-order chi connectivity index (χ1) is 9.41. The van der Waals surface area contributed by atoms with Crippen molar-refractivity contribution < 1.29 is 5.11 Å². The largest absolute Gasteiger partial charge is 0.391 e. The Bertz CT molecular complexity index is 433. The summed E-state index contributed by atoms with van der Waals surface area (Å²) in [6.45, 7) is 11.1. The van der Waals surface area contributed by atoms with Crippen molar-refractivity contribution in [3.63, 3.8) is 0 Å². The number of hydrogen-bond acceptors (Lipinski definition) is 5. The topological polar surface area (TPSA) is 39.6 Å². The Labute approximate surface area is 126 Å². The predicted octanol–water partition coefficient (Wildman–Crippen LogP) is 2.46. The summed E-state index contributed by atoms with van der Waals surface area (Å²) in [6, 6.07) is 0. The van der Waals surface area contributed by atoms with E-state index in [1.54, 1.807) is 11.3 Å². The number of thiazole rings is 1. The summed E-state index contributed by atoms with van der Waals surface area (Å²) in [4.78, 5) is 10.5. The number of likely N-dealkylation sites (N-methyl/N-ethyl adjacent to an activating group) is 1. The van der Waals surface area contributed by atoms with Crippen LogP contribution in [0.2, 0.25) is 0 Å². The molecule has 1 aromatic heterocycles. The minimum absolute atomic E-state index is 0.0113. The SMILES string of the molecule is CN(CCN1CCCC1)c1nc(C(C)(C)C)c(CO)s1. The van der Waals surface area contributed by atoms with Crippen molar-refractivity contribution in [2.75, 3.05) is 38.1 Å². The first kappa shape index (κ1) is 15.7. The molecule has 4 nitrogen and oxygen atoms in total. The zero-order chi connectivity index (χ0) is 14.8. The Balaban J connectivity index is 2.02. The van der Waals surface area contributed by atoms with Crippen LogP contribution >= 0.6 is 11.3 Å². The van der Waals surface area contributed by atoms with Crippen LogP contribution in [0.25, 0.3) is 0 Å². The smallest absolute Gasteiger partial charge is 0.185 e. The lowest BCUT2D eigenvalue weighted by atomic mass is 9.91. The zero-order valence-corrected chi connectivity index (χ0v) is 14.0. The van der Waals surface area contributed by atoms with E-state index in [0.29, 0.717) is 0 Å². The zero-order valence-electron chi connectivity index (χ0n) is 13.1. The van der Waals surface area contributed by atoms with Gasteiger partial charge in [0, 0.05) is 25.6 Å². The van der Waals surface area contributed by atoms with Gasteiger partial charge in [0.15, 0.2) is 5.13 Å². The van der Waals surface area contributed by atoms with E-state index < -0.39 is 0 Å². The fraction of sp³-hybridized carbons (Fsp3) is 0.800. The summed E-state index contributed by atoms with van der Waals surface area (Å²) in [6.07, 6.45) is 2.67. The van der Waals surface area contributed by atoms with Crippen molar-refractivity contribution >= 4 is 16.5 Å². The van der Waals surface area contributed by atoms with Crippen molar-refractivity contribution in [1.82, 2.24) is 9.88 Å². The van der Waals surface area contributed by atoms with Crippen molar-refractivity contribution in [2.45, 2.75) is 45.6 Å². The van der Waals surface area contributed by atoms with Crippen molar-refractivity contribution in [3.8, 4) is 0 Å². The molecule has 1 aromatic rings. The van der Waals surface area contributed by atoms with E-state index in [0.717, 1.165) is 28.8 Å². The van der Waals surface area contributed by atoms with Gasteiger partial charge in [0.2, 0.25) is 0 Å². The first-order valence-electron chi connectivity index (χ1n) is 7.46.